The molecule has 0 aromatic heterocycles. The smallest absolute Gasteiger partial charge is 0.263 e. The maximum atomic E-state index is 12.5. The van der Waals surface area contributed by atoms with Gasteiger partial charge in [0.25, 0.3) is 6.43 Å². The molecule has 1 saturated carbocycles. The first-order valence-electron chi connectivity index (χ1n) is 6.27. The van der Waals surface area contributed by atoms with Crippen LogP contribution in [-0.2, 0) is 6.54 Å². The van der Waals surface area contributed by atoms with Crippen molar-refractivity contribution in [2.24, 2.45) is 0 Å². The van der Waals surface area contributed by atoms with Gasteiger partial charge in [-0.1, -0.05) is 25.1 Å². The summed E-state index contributed by atoms with van der Waals surface area (Å²) < 4.78 is 25.1. The summed E-state index contributed by atoms with van der Waals surface area (Å²) in [6.45, 7) is 2.87. The predicted molar refractivity (Wildman–Crippen MR) is 65.1 cm³/mol. The zero-order chi connectivity index (χ0) is 12.3. The summed E-state index contributed by atoms with van der Waals surface area (Å²) in [4.78, 5) is 0. The minimum absolute atomic E-state index is 0.114. The van der Waals surface area contributed by atoms with Gasteiger partial charge in [-0.2, -0.15) is 0 Å². The molecule has 0 heterocycles. The molecule has 0 spiro atoms. The van der Waals surface area contributed by atoms with Crippen LogP contribution in [0.2, 0.25) is 0 Å². The topological polar surface area (TPSA) is 12.0 Å². The average Bonchev–Trinajstić information content (AvgIpc) is 2.28. The highest BCUT2D eigenvalue weighted by Crippen LogP contribution is 2.34. The van der Waals surface area contributed by atoms with E-state index in [2.05, 4.69) is 12.2 Å². The van der Waals surface area contributed by atoms with Gasteiger partial charge in [-0.3, -0.25) is 0 Å². The Morgan fingerprint density at radius 2 is 2.12 bits per heavy atom. The number of hydrogen-bond acceptors (Lipinski definition) is 1. The predicted octanol–water partition coefficient (Wildman–Crippen LogP) is 4.05. The van der Waals surface area contributed by atoms with E-state index in [0.29, 0.717) is 6.54 Å². The molecule has 1 aliphatic rings. The number of benzene rings is 1. The third-order valence-electron chi connectivity index (χ3n) is 3.86. The van der Waals surface area contributed by atoms with Gasteiger partial charge in [0.15, 0.2) is 0 Å². The fourth-order valence-electron chi connectivity index (χ4n) is 2.39. The Morgan fingerprint density at radius 1 is 1.35 bits per heavy atom. The van der Waals surface area contributed by atoms with Crippen LogP contribution in [0.15, 0.2) is 24.3 Å². The number of halogens is 2. The van der Waals surface area contributed by atoms with Gasteiger partial charge in [-0.05, 0) is 37.3 Å². The first-order chi connectivity index (χ1) is 8.15. The zero-order valence-corrected chi connectivity index (χ0v) is 10.2. The second kappa shape index (κ2) is 5.13. The molecule has 1 aromatic rings. The van der Waals surface area contributed by atoms with Gasteiger partial charge >= 0.3 is 0 Å². The van der Waals surface area contributed by atoms with Crippen molar-refractivity contribution in [1.29, 1.82) is 0 Å². The lowest BCUT2D eigenvalue weighted by molar-refractivity contribution is 0.151. The molecule has 0 atom stereocenters. The Kier molecular flexibility index (Phi) is 3.77. The summed E-state index contributed by atoms with van der Waals surface area (Å²) in [5.74, 6) is 0. The van der Waals surface area contributed by atoms with Crippen LogP contribution in [0.3, 0.4) is 0 Å². The quantitative estimate of drug-likeness (QED) is 0.817. The Bertz CT molecular complexity index is 367. The minimum atomic E-state index is -2.38. The molecule has 94 valence electrons. The van der Waals surface area contributed by atoms with E-state index in [0.717, 1.165) is 12.0 Å². The SMILES string of the molecule is CCC1(NCc2cccc(C(F)F)c2)CCC1. The third kappa shape index (κ3) is 2.83. The van der Waals surface area contributed by atoms with Crippen LogP contribution in [0, 0.1) is 0 Å². The van der Waals surface area contributed by atoms with E-state index >= 15 is 0 Å². The molecule has 0 amide bonds. The lowest BCUT2D eigenvalue weighted by atomic mass is 9.75. The Balaban J connectivity index is 1.96. The Hall–Kier alpha value is -0.960. The molecule has 0 saturated heterocycles. The summed E-state index contributed by atoms with van der Waals surface area (Å²) in [5, 5.41) is 3.52. The van der Waals surface area contributed by atoms with Gasteiger partial charge in [-0.25, -0.2) is 8.78 Å². The standard InChI is InChI=1S/C14H19F2N/c1-2-14(7-4-8-14)17-10-11-5-3-6-12(9-11)13(15)16/h3,5-6,9,13,17H,2,4,7-8,10H2,1H3. The summed E-state index contributed by atoms with van der Waals surface area (Å²) >= 11 is 0. The molecule has 0 unspecified atom stereocenters. The lowest BCUT2D eigenvalue weighted by Gasteiger charge is -2.42. The van der Waals surface area contributed by atoms with Crippen molar-refractivity contribution in [3.05, 3.63) is 35.4 Å². The average molecular weight is 239 g/mol. The molecule has 0 bridgehead atoms. The summed E-state index contributed by atoms with van der Waals surface area (Å²) in [5.41, 5.74) is 1.33. The van der Waals surface area contributed by atoms with Crippen molar-refractivity contribution in [1.82, 2.24) is 5.32 Å². The normalized spacial score (nSPS) is 18.1. The maximum absolute atomic E-state index is 12.5. The van der Waals surface area contributed by atoms with Crippen molar-refractivity contribution in [3.8, 4) is 0 Å². The number of rotatable bonds is 5. The number of alkyl halides is 2. The molecule has 1 aliphatic carbocycles. The van der Waals surface area contributed by atoms with Crippen LogP contribution < -0.4 is 5.32 Å². The largest absolute Gasteiger partial charge is 0.307 e. The molecule has 0 radical (unpaired) electrons. The molecule has 2 rings (SSSR count). The highest BCUT2D eigenvalue weighted by molar-refractivity contribution is 5.24. The van der Waals surface area contributed by atoms with E-state index in [1.165, 1.54) is 25.3 Å². The van der Waals surface area contributed by atoms with Gasteiger partial charge in [0.2, 0.25) is 0 Å². The monoisotopic (exact) mass is 239 g/mol. The van der Waals surface area contributed by atoms with E-state index in [-0.39, 0.29) is 11.1 Å². The van der Waals surface area contributed by atoms with Crippen molar-refractivity contribution in [2.45, 2.75) is 51.1 Å². The molecular formula is C14H19F2N. The van der Waals surface area contributed by atoms with E-state index in [9.17, 15) is 8.78 Å². The van der Waals surface area contributed by atoms with E-state index < -0.39 is 6.43 Å². The van der Waals surface area contributed by atoms with Crippen molar-refractivity contribution >= 4 is 0 Å². The van der Waals surface area contributed by atoms with Gasteiger partial charge in [0.05, 0.1) is 0 Å². The molecule has 1 nitrogen and oxygen atoms in total. The molecule has 0 aliphatic heterocycles. The fourth-order valence-corrected chi connectivity index (χ4v) is 2.39. The van der Waals surface area contributed by atoms with Crippen LogP contribution >= 0.6 is 0 Å². The third-order valence-corrected chi connectivity index (χ3v) is 3.86. The second-order valence-electron chi connectivity index (χ2n) is 4.89. The number of hydrogen-bond donors (Lipinski definition) is 1. The molecular weight excluding hydrogens is 220 g/mol. The van der Waals surface area contributed by atoms with Gasteiger partial charge in [-0.15, -0.1) is 0 Å². The minimum Gasteiger partial charge on any atom is -0.307 e. The van der Waals surface area contributed by atoms with E-state index in [1.807, 2.05) is 6.07 Å². The van der Waals surface area contributed by atoms with Gasteiger partial charge < -0.3 is 5.32 Å². The molecule has 1 aromatic carbocycles. The molecule has 3 heteroatoms. The van der Waals surface area contributed by atoms with Crippen LogP contribution in [0.5, 0.6) is 0 Å². The second-order valence-corrected chi connectivity index (χ2v) is 4.89. The van der Waals surface area contributed by atoms with E-state index in [4.69, 9.17) is 0 Å². The highest BCUT2D eigenvalue weighted by atomic mass is 19.3. The zero-order valence-electron chi connectivity index (χ0n) is 10.2. The Morgan fingerprint density at radius 3 is 2.65 bits per heavy atom. The first kappa shape index (κ1) is 12.5. The van der Waals surface area contributed by atoms with Crippen LogP contribution in [0.1, 0.15) is 50.2 Å². The highest BCUT2D eigenvalue weighted by Gasteiger charge is 2.34. The van der Waals surface area contributed by atoms with E-state index in [1.54, 1.807) is 12.1 Å². The molecule has 1 fully saturated rings. The van der Waals surface area contributed by atoms with Crippen molar-refractivity contribution in [2.75, 3.05) is 0 Å². The number of nitrogens with one attached hydrogen (secondary N) is 1. The Labute approximate surface area is 101 Å². The van der Waals surface area contributed by atoms with Crippen molar-refractivity contribution < 1.29 is 8.78 Å². The maximum Gasteiger partial charge on any atom is 0.263 e. The summed E-state index contributed by atoms with van der Waals surface area (Å²) in [6, 6.07) is 6.69. The van der Waals surface area contributed by atoms with Crippen LogP contribution in [0.25, 0.3) is 0 Å². The first-order valence-corrected chi connectivity index (χ1v) is 6.27. The van der Waals surface area contributed by atoms with Crippen LogP contribution in [-0.4, -0.2) is 5.54 Å². The fraction of sp³-hybridized carbons (Fsp3) is 0.571. The molecule has 17 heavy (non-hydrogen) atoms. The van der Waals surface area contributed by atoms with Crippen LogP contribution in [0.4, 0.5) is 8.78 Å². The lowest BCUT2D eigenvalue weighted by Crippen LogP contribution is -2.49. The van der Waals surface area contributed by atoms with Gasteiger partial charge in [0.1, 0.15) is 0 Å². The summed E-state index contributed by atoms with van der Waals surface area (Å²) in [6.07, 6.45) is 2.42. The van der Waals surface area contributed by atoms with Gasteiger partial charge in [0, 0.05) is 17.6 Å². The van der Waals surface area contributed by atoms with Crippen molar-refractivity contribution in [3.63, 3.8) is 0 Å². The summed E-state index contributed by atoms with van der Waals surface area (Å²) in [7, 11) is 0. The molecule has 1 N–H and O–H groups in total.